The summed E-state index contributed by atoms with van der Waals surface area (Å²) >= 11 is 0. The number of Topliss-reactive ketones (excluding diaryl/α,β-unsaturated/α-hetero) is 1. The number of ether oxygens (including phenoxy) is 1. The van der Waals surface area contributed by atoms with Gasteiger partial charge in [0.25, 0.3) is 0 Å². The third-order valence-corrected chi connectivity index (χ3v) is 2.67. The summed E-state index contributed by atoms with van der Waals surface area (Å²) in [6, 6.07) is -0.347. The Labute approximate surface area is 85.9 Å². The Morgan fingerprint density at radius 2 is 1.86 bits per heavy atom. The van der Waals surface area contributed by atoms with E-state index in [1.807, 2.05) is 13.8 Å². The van der Waals surface area contributed by atoms with Crippen molar-refractivity contribution >= 4 is 5.78 Å². The molecule has 0 aromatic heterocycles. The highest BCUT2D eigenvalue weighted by molar-refractivity contribution is 5.91. The molecule has 4 heteroatoms. The number of carbonyl (C=O) groups excluding carboxylic acids is 1. The van der Waals surface area contributed by atoms with Crippen molar-refractivity contribution in [1.82, 2.24) is 5.48 Å². The summed E-state index contributed by atoms with van der Waals surface area (Å²) in [7, 11) is 3.07. The number of hydroxylamine groups is 1. The number of rotatable bonds is 7. The Balaban J connectivity index is 4.58. The van der Waals surface area contributed by atoms with Crippen LogP contribution >= 0.6 is 0 Å². The van der Waals surface area contributed by atoms with Crippen molar-refractivity contribution < 1.29 is 14.4 Å². The van der Waals surface area contributed by atoms with E-state index in [1.54, 1.807) is 14.0 Å². The lowest BCUT2D eigenvalue weighted by Gasteiger charge is -2.31. The van der Waals surface area contributed by atoms with Crippen LogP contribution in [0.4, 0.5) is 0 Å². The van der Waals surface area contributed by atoms with E-state index in [-0.39, 0.29) is 11.8 Å². The van der Waals surface area contributed by atoms with Crippen LogP contribution in [0.5, 0.6) is 0 Å². The fourth-order valence-electron chi connectivity index (χ4n) is 1.61. The van der Waals surface area contributed by atoms with E-state index in [0.717, 1.165) is 0 Å². The van der Waals surface area contributed by atoms with E-state index < -0.39 is 5.60 Å². The lowest BCUT2D eigenvalue weighted by Crippen LogP contribution is -2.49. The summed E-state index contributed by atoms with van der Waals surface area (Å²) in [4.78, 5) is 16.7. The number of hydrogen-bond donors (Lipinski definition) is 1. The summed E-state index contributed by atoms with van der Waals surface area (Å²) in [5.41, 5.74) is 1.95. The topological polar surface area (TPSA) is 47.6 Å². The molecular weight excluding hydrogens is 182 g/mol. The van der Waals surface area contributed by atoms with Gasteiger partial charge < -0.3 is 9.57 Å². The second kappa shape index (κ2) is 6.11. The van der Waals surface area contributed by atoms with Crippen molar-refractivity contribution in [3.05, 3.63) is 0 Å². The minimum atomic E-state index is -0.676. The van der Waals surface area contributed by atoms with Gasteiger partial charge in [-0.3, -0.25) is 4.79 Å². The quantitative estimate of drug-likeness (QED) is 0.634. The summed E-state index contributed by atoms with van der Waals surface area (Å²) in [5, 5.41) is 0. The largest absolute Gasteiger partial charge is 0.370 e. The number of carbonyl (C=O) groups is 1. The molecule has 0 amide bonds. The van der Waals surface area contributed by atoms with E-state index in [4.69, 9.17) is 9.57 Å². The summed E-state index contributed by atoms with van der Waals surface area (Å²) in [6.45, 7) is 5.67. The van der Waals surface area contributed by atoms with Crippen molar-refractivity contribution in [3.8, 4) is 0 Å². The first kappa shape index (κ1) is 13.5. The molecule has 0 heterocycles. The molecule has 0 rings (SSSR count). The molecule has 0 saturated heterocycles. The van der Waals surface area contributed by atoms with E-state index in [9.17, 15) is 4.79 Å². The van der Waals surface area contributed by atoms with E-state index in [2.05, 4.69) is 5.48 Å². The highest BCUT2D eigenvalue weighted by Crippen LogP contribution is 2.22. The standard InChI is InChI=1S/C10H21NO3/c1-6-10(7-2,13-4)9(12)8(3)11-14-5/h8,11H,6-7H2,1-5H3. The van der Waals surface area contributed by atoms with Crippen LogP contribution in [-0.4, -0.2) is 31.6 Å². The van der Waals surface area contributed by atoms with Crippen molar-refractivity contribution in [3.63, 3.8) is 0 Å². The number of hydrogen-bond acceptors (Lipinski definition) is 4. The predicted molar refractivity (Wildman–Crippen MR) is 54.9 cm³/mol. The molecule has 1 N–H and O–H groups in total. The van der Waals surface area contributed by atoms with Crippen LogP contribution in [-0.2, 0) is 14.4 Å². The first-order valence-electron chi connectivity index (χ1n) is 4.95. The fraction of sp³-hybridized carbons (Fsp3) is 0.900. The maximum Gasteiger partial charge on any atom is 0.183 e. The van der Waals surface area contributed by atoms with Crippen molar-refractivity contribution in [2.45, 2.75) is 45.3 Å². The monoisotopic (exact) mass is 203 g/mol. The van der Waals surface area contributed by atoms with Gasteiger partial charge in [-0.2, -0.15) is 5.48 Å². The Kier molecular flexibility index (Phi) is 5.92. The van der Waals surface area contributed by atoms with E-state index in [0.29, 0.717) is 12.8 Å². The molecule has 0 bridgehead atoms. The van der Waals surface area contributed by atoms with Crippen molar-refractivity contribution in [2.24, 2.45) is 0 Å². The summed E-state index contributed by atoms with van der Waals surface area (Å²) in [6.07, 6.45) is 1.35. The number of nitrogens with one attached hydrogen (secondary N) is 1. The van der Waals surface area contributed by atoms with E-state index >= 15 is 0 Å². The minimum absolute atomic E-state index is 0.0341. The van der Waals surface area contributed by atoms with Crippen LogP contribution in [0.3, 0.4) is 0 Å². The first-order chi connectivity index (χ1) is 6.57. The van der Waals surface area contributed by atoms with Gasteiger partial charge >= 0.3 is 0 Å². The molecule has 0 aliphatic carbocycles. The van der Waals surface area contributed by atoms with Gasteiger partial charge in [0.2, 0.25) is 0 Å². The molecule has 0 fully saturated rings. The second-order valence-electron chi connectivity index (χ2n) is 3.31. The minimum Gasteiger partial charge on any atom is -0.370 e. The smallest absolute Gasteiger partial charge is 0.183 e. The second-order valence-corrected chi connectivity index (χ2v) is 3.31. The average molecular weight is 203 g/mol. The molecule has 0 aromatic rings. The molecule has 84 valence electrons. The van der Waals surface area contributed by atoms with Crippen LogP contribution in [0.25, 0.3) is 0 Å². The molecular formula is C10H21NO3. The molecule has 0 aliphatic rings. The van der Waals surface area contributed by atoms with Gasteiger partial charge in [-0.15, -0.1) is 0 Å². The molecule has 0 spiro atoms. The molecule has 0 saturated carbocycles. The molecule has 0 radical (unpaired) electrons. The summed E-state index contributed by atoms with van der Waals surface area (Å²) in [5.74, 6) is 0.0341. The normalized spacial score (nSPS) is 14.1. The zero-order valence-corrected chi connectivity index (χ0v) is 9.72. The maximum atomic E-state index is 12.0. The molecule has 14 heavy (non-hydrogen) atoms. The van der Waals surface area contributed by atoms with Crippen LogP contribution in [0.1, 0.15) is 33.6 Å². The van der Waals surface area contributed by atoms with Gasteiger partial charge in [0, 0.05) is 7.11 Å². The third kappa shape index (κ3) is 2.77. The lowest BCUT2D eigenvalue weighted by atomic mass is 9.88. The van der Waals surface area contributed by atoms with Gasteiger partial charge in [-0.1, -0.05) is 13.8 Å². The first-order valence-corrected chi connectivity index (χ1v) is 4.95. The summed E-state index contributed by atoms with van der Waals surface area (Å²) < 4.78 is 5.32. The SMILES string of the molecule is CCC(CC)(OC)C(=O)C(C)NOC. The zero-order chi connectivity index (χ0) is 11.2. The number of ketones is 1. The van der Waals surface area contributed by atoms with Gasteiger partial charge in [0.05, 0.1) is 13.2 Å². The highest BCUT2D eigenvalue weighted by atomic mass is 16.6. The third-order valence-electron chi connectivity index (χ3n) is 2.67. The van der Waals surface area contributed by atoms with Crippen LogP contribution < -0.4 is 5.48 Å². The molecule has 1 unspecified atom stereocenters. The van der Waals surface area contributed by atoms with Gasteiger partial charge in [-0.25, -0.2) is 0 Å². The molecule has 0 aromatic carbocycles. The van der Waals surface area contributed by atoms with Crippen LogP contribution in [0.2, 0.25) is 0 Å². The average Bonchev–Trinajstić information content (AvgIpc) is 2.21. The van der Waals surface area contributed by atoms with Gasteiger partial charge in [0.1, 0.15) is 5.60 Å². The van der Waals surface area contributed by atoms with E-state index in [1.165, 1.54) is 7.11 Å². The maximum absolute atomic E-state index is 12.0. The number of methoxy groups -OCH3 is 1. The van der Waals surface area contributed by atoms with Crippen LogP contribution in [0, 0.1) is 0 Å². The van der Waals surface area contributed by atoms with Gasteiger partial charge in [-0.05, 0) is 19.8 Å². The Morgan fingerprint density at radius 1 is 1.36 bits per heavy atom. The van der Waals surface area contributed by atoms with Crippen molar-refractivity contribution in [2.75, 3.05) is 14.2 Å². The fourth-order valence-corrected chi connectivity index (χ4v) is 1.61. The Hall–Kier alpha value is -0.450. The molecule has 1 atom stereocenters. The molecule has 0 aliphatic heterocycles. The van der Waals surface area contributed by atoms with Gasteiger partial charge in [0.15, 0.2) is 5.78 Å². The Morgan fingerprint density at radius 3 is 2.14 bits per heavy atom. The lowest BCUT2D eigenvalue weighted by molar-refractivity contribution is -0.147. The van der Waals surface area contributed by atoms with Crippen molar-refractivity contribution in [1.29, 1.82) is 0 Å². The van der Waals surface area contributed by atoms with Crippen LogP contribution in [0.15, 0.2) is 0 Å². The Bertz CT molecular complexity index is 170. The predicted octanol–water partition coefficient (Wildman–Crippen LogP) is 1.30. The molecule has 4 nitrogen and oxygen atoms in total. The zero-order valence-electron chi connectivity index (χ0n) is 9.72. The highest BCUT2D eigenvalue weighted by Gasteiger charge is 2.37.